The Balaban J connectivity index is 1.50. The molecule has 2 aliphatic rings. The van der Waals surface area contributed by atoms with E-state index in [0.717, 1.165) is 12.3 Å². The Labute approximate surface area is 101 Å². The summed E-state index contributed by atoms with van der Waals surface area (Å²) in [5.41, 5.74) is 0. The Hall–Kier alpha value is -0.840. The molecule has 3 heterocycles. The standard InChI is InChI=1S/C13H19NO3/c1-2-6-14(7-3-1)9-11-10-16-13(17-11)12-5-4-8-15-12/h4-5,8,11,13H,1-3,6-7,9-10H2/t11-,13+/m1/s1. The quantitative estimate of drug-likeness (QED) is 0.807. The van der Waals surface area contributed by atoms with Gasteiger partial charge in [-0.1, -0.05) is 6.42 Å². The summed E-state index contributed by atoms with van der Waals surface area (Å²) in [7, 11) is 0. The van der Waals surface area contributed by atoms with Gasteiger partial charge in [-0.2, -0.15) is 0 Å². The van der Waals surface area contributed by atoms with Crippen molar-refractivity contribution in [2.75, 3.05) is 26.2 Å². The van der Waals surface area contributed by atoms with Gasteiger partial charge in [0.05, 0.1) is 19.0 Å². The number of hydrogen-bond donors (Lipinski definition) is 0. The second-order valence-electron chi connectivity index (χ2n) is 4.80. The predicted molar refractivity (Wildman–Crippen MR) is 62.6 cm³/mol. The second kappa shape index (κ2) is 5.21. The van der Waals surface area contributed by atoms with Crippen LogP contribution in [0.5, 0.6) is 0 Å². The summed E-state index contributed by atoms with van der Waals surface area (Å²) in [5, 5.41) is 0. The summed E-state index contributed by atoms with van der Waals surface area (Å²) in [5.74, 6) is 0.770. The SMILES string of the molecule is c1coc([C@H]2OC[C@@H](CN3CCCCC3)O2)c1. The Kier molecular flexibility index (Phi) is 3.45. The number of rotatable bonds is 3. The monoisotopic (exact) mass is 237 g/mol. The molecular weight excluding hydrogens is 218 g/mol. The summed E-state index contributed by atoms with van der Waals surface area (Å²) in [6, 6.07) is 3.76. The topological polar surface area (TPSA) is 34.8 Å². The lowest BCUT2D eigenvalue weighted by atomic mass is 10.1. The molecular formula is C13H19NO3. The molecule has 1 aromatic rings. The van der Waals surface area contributed by atoms with Gasteiger partial charge >= 0.3 is 0 Å². The highest BCUT2D eigenvalue weighted by molar-refractivity contribution is 5.00. The zero-order valence-corrected chi connectivity index (χ0v) is 10.0. The number of furan rings is 1. The first-order chi connectivity index (χ1) is 8.42. The van der Waals surface area contributed by atoms with Crippen molar-refractivity contribution < 1.29 is 13.9 Å². The molecule has 17 heavy (non-hydrogen) atoms. The molecule has 1 aromatic heterocycles. The van der Waals surface area contributed by atoms with Crippen LogP contribution in [-0.4, -0.2) is 37.2 Å². The molecule has 0 aromatic carbocycles. The van der Waals surface area contributed by atoms with Crippen LogP contribution >= 0.6 is 0 Å². The molecule has 2 atom stereocenters. The number of ether oxygens (including phenoxy) is 2. The van der Waals surface area contributed by atoms with Gasteiger partial charge in [-0.3, -0.25) is 0 Å². The van der Waals surface area contributed by atoms with Crippen molar-refractivity contribution in [3.05, 3.63) is 24.2 Å². The molecule has 3 rings (SSSR count). The first kappa shape index (κ1) is 11.3. The van der Waals surface area contributed by atoms with Crippen LogP contribution in [0.25, 0.3) is 0 Å². The fourth-order valence-electron chi connectivity index (χ4n) is 2.55. The summed E-state index contributed by atoms with van der Waals surface area (Å²) in [6.07, 6.45) is 5.53. The average molecular weight is 237 g/mol. The summed E-state index contributed by atoms with van der Waals surface area (Å²) in [6.45, 7) is 4.05. The molecule has 2 fully saturated rings. The van der Waals surface area contributed by atoms with Crippen LogP contribution in [0.2, 0.25) is 0 Å². The van der Waals surface area contributed by atoms with Crippen molar-refractivity contribution in [2.45, 2.75) is 31.7 Å². The number of piperidine rings is 1. The van der Waals surface area contributed by atoms with Crippen molar-refractivity contribution in [3.63, 3.8) is 0 Å². The van der Waals surface area contributed by atoms with Gasteiger partial charge < -0.3 is 18.8 Å². The first-order valence-corrected chi connectivity index (χ1v) is 6.44. The van der Waals surface area contributed by atoms with Crippen molar-refractivity contribution in [3.8, 4) is 0 Å². The lowest BCUT2D eigenvalue weighted by molar-refractivity contribution is -0.0778. The molecule has 0 spiro atoms. The van der Waals surface area contributed by atoms with Gasteiger partial charge in [-0.15, -0.1) is 0 Å². The Bertz CT molecular complexity index is 332. The smallest absolute Gasteiger partial charge is 0.217 e. The maximum Gasteiger partial charge on any atom is 0.217 e. The lowest BCUT2D eigenvalue weighted by Crippen LogP contribution is -2.37. The lowest BCUT2D eigenvalue weighted by Gasteiger charge is -2.28. The molecule has 94 valence electrons. The number of nitrogens with zero attached hydrogens (tertiary/aromatic N) is 1. The summed E-state index contributed by atoms with van der Waals surface area (Å²) in [4.78, 5) is 2.47. The van der Waals surface area contributed by atoms with E-state index in [1.54, 1.807) is 6.26 Å². The fraction of sp³-hybridized carbons (Fsp3) is 0.692. The van der Waals surface area contributed by atoms with Crippen molar-refractivity contribution in [1.29, 1.82) is 0 Å². The third-order valence-electron chi connectivity index (χ3n) is 3.44. The predicted octanol–water partition coefficient (Wildman–Crippen LogP) is 2.18. The van der Waals surface area contributed by atoms with E-state index in [-0.39, 0.29) is 12.4 Å². The largest absolute Gasteiger partial charge is 0.464 e. The van der Waals surface area contributed by atoms with E-state index in [1.165, 1.54) is 32.4 Å². The number of hydrogen-bond acceptors (Lipinski definition) is 4. The molecule has 0 radical (unpaired) electrons. The van der Waals surface area contributed by atoms with Crippen LogP contribution in [0.1, 0.15) is 31.3 Å². The van der Waals surface area contributed by atoms with E-state index in [2.05, 4.69) is 4.90 Å². The van der Waals surface area contributed by atoms with Gasteiger partial charge in [0.25, 0.3) is 0 Å². The van der Waals surface area contributed by atoms with Crippen molar-refractivity contribution >= 4 is 0 Å². The van der Waals surface area contributed by atoms with Crippen LogP contribution in [0.4, 0.5) is 0 Å². The maximum atomic E-state index is 5.85. The minimum absolute atomic E-state index is 0.184. The molecule has 4 heteroatoms. The normalized spacial score (nSPS) is 30.8. The van der Waals surface area contributed by atoms with Crippen LogP contribution in [0.3, 0.4) is 0 Å². The van der Waals surface area contributed by atoms with Gasteiger partial charge in [0.2, 0.25) is 6.29 Å². The molecule has 0 unspecified atom stereocenters. The zero-order valence-electron chi connectivity index (χ0n) is 10.0. The molecule has 0 bridgehead atoms. The highest BCUT2D eigenvalue weighted by Gasteiger charge is 2.30. The Morgan fingerprint density at radius 2 is 2.12 bits per heavy atom. The molecule has 2 saturated heterocycles. The molecule has 4 nitrogen and oxygen atoms in total. The van der Waals surface area contributed by atoms with Crippen LogP contribution in [-0.2, 0) is 9.47 Å². The van der Waals surface area contributed by atoms with Crippen LogP contribution in [0, 0.1) is 0 Å². The van der Waals surface area contributed by atoms with E-state index in [9.17, 15) is 0 Å². The average Bonchev–Trinajstić information content (AvgIpc) is 3.00. The highest BCUT2D eigenvalue weighted by Crippen LogP contribution is 2.27. The molecule has 0 aliphatic carbocycles. The van der Waals surface area contributed by atoms with Gasteiger partial charge in [0, 0.05) is 6.54 Å². The summed E-state index contributed by atoms with van der Waals surface area (Å²) < 4.78 is 16.8. The van der Waals surface area contributed by atoms with E-state index in [1.807, 2.05) is 12.1 Å². The third kappa shape index (κ3) is 2.70. The van der Waals surface area contributed by atoms with Crippen molar-refractivity contribution in [1.82, 2.24) is 4.90 Å². The number of likely N-dealkylation sites (tertiary alicyclic amines) is 1. The van der Waals surface area contributed by atoms with E-state index >= 15 is 0 Å². The van der Waals surface area contributed by atoms with Gasteiger partial charge in [-0.05, 0) is 38.1 Å². The fourth-order valence-corrected chi connectivity index (χ4v) is 2.55. The third-order valence-corrected chi connectivity index (χ3v) is 3.44. The van der Waals surface area contributed by atoms with Crippen LogP contribution in [0.15, 0.2) is 22.8 Å². The Morgan fingerprint density at radius 3 is 2.88 bits per heavy atom. The van der Waals surface area contributed by atoms with Gasteiger partial charge in [-0.25, -0.2) is 0 Å². The summed E-state index contributed by atoms with van der Waals surface area (Å²) >= 11 is 0. The van der Waals surface area contributed by atoms with Crippen molar-refractivity contribution in [2.24, 2.45) is 0 Å². The Morgan fingerprint density at radius 1 is 1.24 bits per heavy atom. The first-order valence-electron chi connectivity index (χ1n) is 6.44. The van der Waals surface area contributed by atoms with Gasteiger partial charge in [0.1, 0.15) is 0 Å². The van der Waals surface area contributed by atoms with E-state index < -0.39 is 0 Å². The highest BCUT2D eigenvalue weighted by atomic mass is 16.7. The second-order valence-corrected chi connectivity index (χ2v) is 4.80. The molecule has 2 aliphatic heterocycles. The minimum atomic E-state index is -0.306. The van der Waals surface area contributed by atoms with Crippen LogP contribution < -0.4 is 0 Å². The maximum absolute atomic E-state index is 5.85. The molecule has 0 amide bonds. The van der Waals surface area contributed by atoms with E-state index in [0.29, 0.717) is 6.61 Å². The molecule has 0 N–H and O–H groups in total. The minimum Gasteiger partial charge on any atom is -0.464 e. The zero-order chi connectivity index (χ0) is 11.5. The molecule has 0 saturated carbocycles. The van der Waals surface area contributed by atoms with Gasteiger partial charge in [0.15, 0.2) is 5.76 Å². The van der Waals surface area contributed by atoms with E-state index in [4.69, 9.17) is 13.9 Å².